The molecule has 102 valence electrons. The highest BCUT2D eigenvalue weighted by Crippen LogP contribution is 2.32. The van der Waals surface area contributed by atoms with Crippen LogP contribution in [-0.2, 0) is 20.1 Å². The number of ether oxygens (including phenoxy) is 1. The predicted octanol–water partition coefficient (Wildman–Crippen LogP) is 2.84. The highest BCUT2D eigenvalue weighted by Gasteiger charge is 2.10. The third kappa shape index (κ3) is 3.41. The molecule has 0 aliphatic carbocycles. The number of rotatable bonds is 5. The van der Waals surface area contributed by atoms with Gasteiger partial charge in [-0.15, -0.1) is 0 Å². The first-order valence-electron chi connectivity index (χ1n) is 5.79. The number of imidazole rings is 1. The van der Waals surface area contributed by atoms with Crippen LogP contribution in [0.25, 0.3) is 0 Å². The molecule has 2 rings (SSSR count). The molecule has 0 unspecified atom stereocenters. The maximum Gasteiger partial charge on any atom is 0.143 e. The molecule has 0 saturated carbocycles. The van der Waals surface area contributed by atoms with Crippen LogP contribution in [-0.4, -0.2) is 21.3 Å². The average molecular weight is 301 g/mol. The molecule has 1 aromatic carbocycles. The van der Waals surface area contributed by atoms with Crippen molar-refractivity contribution >= 4 is 23.2 Å². The number of aromatic nitrogens is 2. The Balaban J connectivity index is 2.05. The third-order valence-corrected chi connectivity index (χ3v) is 3.25. The van der Waals surface area contributed by atoms with E-state index in [4.69, 9.17) is 27.9 Å². The smallest absolute Gasteiger partial charge is 0.143 e. The fraction of sp³-hybridized carbons (Fsp3) is 0.308. The Morgan fingerprint density at radius 2 is 2.16 bits per heavy atom. The van der Waals surface area contributed by atoms with Crippen molar-refractivity contribution < 1.29 is 9.84 Å². The van der Waals surface area contributed by atoms with Crippen molar-refractivity contribution in [3.63, 3.8) is 0 Å². The molecule has 0 fully saturated rings. The Labute approximate surface area is 121 Å². The minimum atomic E-state index is -0.169. The van der Waals surface area contributed by atoms with Gasteiger partial charge in [0.1, 0.15) is 11.6 Å². The van der Waals surface area contributed by atoms with Crippen LogP contribution in [0.1, 0.15) is 11.4 Å². The summed E-state index contributed by atoms with van der Waals surface area (Å²) in [5.41, 5.74) is 0.581. The van der Waals surface area contributed by atoms with Gasteiger partial charge in [-0.3, -0.25) is 0 Å². The summed E-state index contributed by atoms with van der Waals surface area (Å²) in [6.07, 6.45) is 4.28. The summed E-state index contributed by atoms with van der Waals surface area (Å²) in [6, 6.07) is 3.24. The molecule has 1 aromatic heterocycles. The number of nitrogens with zero attached hydrogens (tertiary/aromatic N) is 2. The molecule has 0 saturated heterocycles. The molecule has 2 aromatic rings. The molecule has 0 aliphatic heterocycles. The summed E-state index contributed by atoms with van der Waals surface area (Å²) in [6.45, 7) is 0.261. The van der Waals surface area contributed by atoms with Gasteiger partial charge in [0.15, 0.2) is 0 Å². The lowest BCUT2D eigenvalue weighted by molar-refractivity contribution is 0.263. The van der Waals surface area contributed by atoms with E-state index < -0.39 is 0 Å². The topological polar surface area (TPSA) is 47.3 Å². The van der Waals surface area contributed by atoms with Crippen LogP contribution in [0, 0.1) is 0 Å². The molecule has 0 amide bonds. The van der Waals surface area contributed by atoms with E-state index in [9.17, 15) is 5.11 Å². The van der Waals surface area contributed by atoms with Gasteiger partial charge >= 0.3 is 0 Å². The predicted molar refractivity (Wildman–Crippen MR) is 74.8 cm³/mol. The maximum absolute atomic E-state index is 9.28. The monoisotopic (exact) mass is 300 g/mol. The lowest BCUT2D eigenvalue weighted by Crippen LogP contribution is -2.07. The zero-order valence-corrected chi connectivity index (χ0v) is 11.9. The van der Waals surface area contributed by atoms with Crippen molar-refractivity contribution in [3.05, 3.63) is 46.0 Å². The van der Waals surface area contributed by atoms with Gasteiger partial charge in [0.2, 0.25) is 0 Å². The number of benzene rings is 1. The Morgan fingerprint density at radius 3 is 2.79 bits per heavy atom. The van der Waals surface area contributed by atoms with Gasteiger partial charge in [-0.25, -0.2) is 4.98 Å². The minimum absolute atomic E-state index is 0.169. The van der Waals surface area contributed by atoms with E-state index in [-0.39, 0.29) is 6.61 Å². The van der Waals surface area contributed by atoms with E-state index in [1.165, 1.54) is 0 Å². The summed E-state index contributed by atoms with van der Waals surface area (Å²) in [5, 5.41) is 10.2. The molecule has 0 atom stereocenters. The quantitative estimate of drug-likeness (QED) is 0.923. The second-order valence-corrected chi connectivity index (χ2v) is 4.93. The molecule has 6 heteroatoms. The Morgan fingerprint density at radius 1 is 1.37 bits per heavy atom. The summed E-state index contributed by atoms with van der Waals surface area (Å²) in [7, 11) is 1.93. The summed E-state index contributed by atoms with van der Waals surface area (Å²) < 4.78 is 7.57. The standard InChI is InChI=1S/C13H14Cl2N2O2/c1-17-4-3-16-12(17)2-5-19-13-9(8-18)6-10(14)7-11(13)15/h3-4,6-7,18H,2,5,8H2,1H3. The molecule has 0 bridgehead atoms. The minimum Gasteiger partial charge on any atom is -0.491 e. The van der Waals surface area contributed by atoms with Crippen LogP contribution in [0.5, 0.6) is 5.75 Å². The zero-order valence-electron chi connectivity index (χ0n) is 10.4. The van der Waals surface area contributed by atoms with E-state index in [1.54, 1.807) is 18.3 Å². The highest BCUT2D eigenvalue weighted by molar-refractivity contribution is 6.35. The largest absolute Gasteiger partial charge is 0.491 e. The SMILES string of the molecule is Cn1ccnc1CCOc1c(Cl)cc(Cl)cc1CO. The van der Waals surface area contributed by atoms with Gasteiger partial charge in [-0.1, -0.05) is 23.2 Å². The lowest BCUT2D eigenvalue weighted by atomic mass is 10.2. The molecule has 1 heterocycles. The van der Waals surface area contributed by atoms with Crippen LogP contribution in [0.2, 0.25) is 10.0 Å². The lowest BCUT2D eigenvalue weighted by Gasteiger charge is -2.12. The first-order valence-corrected chi connectivity index (χ1v) is 6.55. The second kappa shape index (κ2) is 6.28. The van der Waals surface area contributed by atoms with E-state index >= 15 is 0 Å². The fourth-order valence-electron chi connectivity index (χ4n) is 1.77. The van der Waals surface area contributed by atoms with Crippen LogP contribution in [0.4, 0.5) is 0 Å². The summed E-state index contributed by atoms with van der Waals surface area (Å²) >= 11 is 11.9. The normalized spacial score (nSPS) is 10.7. The van der Waals surface area contributed by atoms with Crippen LogP contribution < -0.4 is 4.74 Å². The first-order chi connectivity index (χ1) is 9.11. The fourth-order valence-corrected chi connectivity index (χ4v) is 2.36. The Hall–Kier alpha value is -1.23. The highest BCUT2D eigenvalue weighted by atomic mass is 35.5. The van der Waals surface area contributed by atoms with E-state index in [1.807, 2.05) is 17.8 Å². The van der Waals surface area contributed by atoms with E-state index in [0.717, 1.165) is 5.82 Å². The van der Waals surface area contributed by atoms with Crippen molar-refractivity contribution in [2.45, 2.75) is 13.0 Å². The van der Waals surface area contributed by atoms with Crippen LogP contribution in [0.3, 0.4) is 0 Å². The van der Waals surface area contributed by atoms with Crippen LogP contribution in [0.15, 0.2) is 24.5 Å². The number of aliphatic hydroxyl groups is 1. The number of aliphatic hydroxyl groups excluding tert-OH is 1. The Bertz CT molecular complexity index is 570. The summed E-state index contributed by atoms with van der Waals surface area (Å²) in [4.78, 5) is 4.21. The molecular weight excluding hydrogens is 287 g/mol. The van der Waals surface area contributed by atoms with Gasteiger partial charge in [0.25, 0.3) is 0 Å². The van der Waals surface area contributed by atoms with Crippen molar-refractivity contribution in [3.8, 4) is 5.75 Å². The van der Waals surface area contributed by atoms with Crippen molar-refractivity contribution in [2.24, 2.45) is 7.05 Å². The van der Waals surface area contributed by atoms with Crippen molar-refractivity contribution in [2.75, 3.05) is 6.61 Å². The summed E-state index contributed by atoms with van der Waals surface area (Å²) in [5.74, 6) is 1.40. The van der Waals surface area contributed by atoms with Crippen molar-refractivity contribution in [1.82, 2.24) is 9.55 Å². The third-order valence-electron chi connectivity index (χ3n) is 2.75. The average Bonchev–Trinajstić information content (AvgIpc) is 2.77. The number of hydrogen-bond acceptors (Lipinski definition) is 3. The maximum atomic E-state index is 9.28. The molecule has 1 N–H and O–H groups in total. The molecule has 0 radical (unpaired) electrons. The van der Waals surface area contributed by atoms with Crippen LogP contribution >= 0.6 is 23.2 Å². The molecule has 4 nitrogen and oxygen atoms in total. The van der Waals surface area contributed by atoms with Gasteiger partial charge < -0.3 is 14.4 Å². The molecule has 19 heavy (non-hydrogen) atoms. The second-order valence-electron chi connectivity index (χ2n) is 4.09. The Kier molecular flexibility index (Phi) is 4.69. The van der Waals surface area contributed by atoms with Gasteiger partial charge in [-0.2, -0.15) is 0 Å². The zero-order chi connectivity index (χ0) is 13.8. The van der Waals surface area contributed by atoms with Gasteiger partial charge in [-0.05, 0) is 12.1 Å². The van der Waals surface area contributed by atoms with E-state index in [2.05, 4.69) is 4.98 Å². The number of aryl methyl sites for hydroxylation is 1. The first kappa shape index (κ1) is 14.2. The van der Waals surface area contributed by atoms with Gasteiger partial charge in [0, 0.05) is 36.4 Å². The molecular formula is C13H14Cl2N2O2. The number of halogens is 2. The molecule has 0 spiro atoms. The van der Waals surface area contributed by atoms with Crippen molar-refractivity contribution in [1.29, 1.82) is 0 Å². The van der Waals surface area contributed by atoms with E-state index in [0.29, 0.717) is 34.4 Å². The van der Waals surface area contributed by atoms with Gasteiger partial charge in [0.05, 0.1) is 18.2 Å². The number of hydrogen-bond donors (Lipinski definition) is 1. The molecule has 0 aliphatic rings.